The molecule has 0 bridgehead atoms. The molecule has 0 radical (unpaired) electrons. The molecule has 1 rings (SSSR count). The van der Waals surface area contributed by atoms with Crippen molar-refractivity contribution >= 4 is 0 Å². The molecular weight excluding hydrogens is 180 g/mol. The van der Waals surface area contributed by atoms with Crippen LogP contribution in [0.5, 0.6) is 0 Å². The zero-order valence-corrected chi connectivity index (χ0v) is 12.0. The van der Waals surface area contributed by atoms with Gasteiger partial charge >= 0.3 is 0 Å². The summed E-state index contributed by atoms with van der Waals surface area (Å²) in [6, 6.07) is 0. The minimum absolute atomic E-state index is 0.468. The van der Waals surface area contributed by atoms with Crippen molar-refractivity contribution in [2.24, 2.45) is 34.5 Å². The van der Waals surface area contributed by atoms with E-state index in [1.54, 1.807) is 0 Å². The van der Waals surface area contributed by atoms with Crippen LogP contribution in [0, 0.1) is 34.5 Å². The summed E-state index contributed by atoms with van der Waals surface area (Å²) in [5, 5.41) is 0. The molecule has 0 nitrogen and oxygen atoms in total. The summed E-state index contributed by atoms with van der Waals surface area (Å²) in [6.45, 7) is 19.4. The van der Waals surface area contributed by atoms with E-state index < -0.39 is 0 Å². The molecule has 0 spiro atoms. The van der Waals surface area contributed by atoms with Gasteiger partial charge < -0.3 is 0 Å². The third kappa shape index (κ3) is 2.10. The topological polar surface area (TPSA) is 0 Å². The molecule has 0 N–H and O–H groups in total. The van der Waals surface area contributed by atoms with Crippen LogP contribution in [0.2, 0.25) is 0 Å². The molecule has 15 heavy (non-hydrogen) atoms. The molecule has 0 aromatic heterocycles. The molecule has 0 amide bonds. The van der Waals surface area contributed by atoms with Crippen molar-refractivity contribution in [3.05, 3.63) is 0 Å². The summed E-state index contributed by atoms with van der Waals surface area (Å²) in [7, 11) is 0. The van der Waals surface area contributed by atoms with Gasteiger partial charge in [0.25, 0.3) is 0 Å². The van der Waals surface area contributed by atoms with Crippen LogP contribution in [0.25, 0.3) is 0 Å². The molecule has 90 valence electrons. The first-order valence-electron chi connectivity index (χ1n) is 6.60. The van der Waals surface area contributed by atoms with Gasteiger partial charge in [0.15, 0.2) is 0 Å². The van der Waals surface area contributed by atoms with E-state index in [1.165, 1.54) is 6.42 Å². The Morgan fingerprint density at radius 1 is 1.13 bits per heavy atom. The van der Waals surface area contributed by atoms with E-state index in [9.17, 15) is 0 Å². The van der Waals surface area contributed by atoms with E-state index >= 15 is 0 Å². The smallest absolute Gasteiger partial charge is 0.0259 e. The van der Waals surface area contributed by atoms with Crippen molar-refractivity contribution in [3.63, 3.8) is 0 Å². The van der Waals surface area contributed by atoms with Gasteiger partial charge in [-0.25, -0.2) is 0 Å². The van der Waals surface area contributed by atoms with Crippen LogP contribution < -0.4 is 0 Å². The largest absolute Gasteiger partial charge is 0.0625 e. The van der Waals surface area contributed by atoms with Gasteiger partial charge in [-0.15, -0.1) is 0 Å². The van der Waals surface area contributed by atoms with Crippen molar-refractivity contribution in [2.75, 3.05) is 0 Å². The zero-order chi connectivity index (χ0) is 12.0. The van der Waals surface area contributed by atoms with Crippen molar-refractivity contribution in [3.8, 4) is 0 Å². The highest BCUT2D eigenvalue weighted by Crippen LogP contribution is 2.62. The molecule has 4 unspecified atom stereocenters. The SMILES string of the molecule is CC(C)C(C)C1(C)CC(C)C1C(C)(C)C. The van der Waals surface area contributed by atoms with Gasteiger partial charge in [-0.3, -0.25) is 0 Å². The molecule has 0 aliphatic heterocycles. The summed E-state index contributed by atoms with van der Waals surface area (Å²) < 4.78 is 0. The second-order valence-electron chi connectivity index (χ2n) is 7.56. The van der Waals surface area contributed by atoms with Gasteiger partial charge in [-0.2, -0.15) is 0 Å². The van der Waals surface area contributed by atoms with Crippen molar-refractivity contribution in [2.45, 2.75) is 61.8 Å². The number of rotatable bonds is 2. The molecule has 0 heterocycles. The lowest BCUT2D eigenvalue weighted by molar-refractivity contribution is -0.131. The molecule has 4 atom stereocenters. The van der Waals surface area contributed by atoms with E-state index in [4.69, 9.17) is 0 Å². The second-order valence-corrected chi connectivity index (χ2v) is 7.56. The average Bonchev–Trinajstić information content (AvgIpc) is 1.97. The fourth-order valence-corrected chi connectivity index (χ4v) is 4.50. The number of hydrogen-bond acceptors (Lipinski definition) is 0. The molecule has 1 aliphatic carbocycles. The summed E-state index contributed by atoms with van der Waals surface area (Å²) in [6.07, 6.45) is 1.42. The monoisotopic (exact) mass is 210 g/mol. The minimum atomic E-state index is 0.468. The van der Waals surface area contributed by atoms with Crippen LogP contribution >= 0.6 is 0 Å². The van der Waals surface area contributed by atoms with Crippen molar-refractivity contribution in [1.82, 2.24) is 0 Å². The predicted octanol–water partition coefficient (Wildman–Crippen LogP) is 4.99. The van der Waals surface area contributed by atoms with Crippen LogP contribution in [0.3, 0.4) is 0 Å². The maximum absolute atomic E-state index is 2.52. The van der Waals surface area contributed by atoms with Gasteiger partial charge in [0.1, 0.15) is 0 Å². The van der Waals surface area contributed by atoms with Crippen LogP contribution in [-0.4, -0.2) is 0 Å². The van der Waals surface area contributed by atoms with Crippen LogP contribution in [0.4, 0.5) is 0 Å². The van der Waals surface area contributed by atoms with E-state index in [1.807, 2.05) is 0 Å². The van der Waals surface area contributed by atoms with Gasteiger partial charge in [0.2, 0.25) is 0 Å². The highest BCUT2D eigenvalue weighted by molar-refractivity contribution is 5.04. The predicted molar refractivity (Wildman–Crippen MR) is 68.8 cm³/mol. The van der Waals surface area contributed by atoms with Crippen LogP contribution in [0.1, 0.15) is 61.8 Å². The Morgan fingerprint density at radius 2 is 1.60 bits per heavy atom. The Bertz CT molecular complexity index is 221. The van der Waals surface area contributed by atoms with E-state index in [-0.39, 0.29) is 0 Å². The maximum Gasteiger partial charge on any atom is -0.0259 e. The first kappa shape index (κ1) is 13.1. The highest BCUT2D eigenvalue weighted by atomic mass is 14.6. The second kappa shape index (κ2) is 3.79. The van der Waals surface area contributed by atoms with E-state index in [0.717, 1.165) is 23.7 Å². The van der Waals surface area contributed by atoms with Crippen LogP contribution in [-0.2, 0) is 0 Å². The van der Waals surface area contributed by atoms with Gasteiger partial charge in [0.05, 0.1) is 0 Å². The Hall–Kier alpha value is 0. The Kier molecular flexibility index (Phi) is 3.30. The molecule has 0 aromatic rings. The Morgan fingerprint density at radius 3 is 1.87 bits per heavy atom. The molecular formula is C15H30. The van der Waals surface area contributed by atoms with Crippen LogP contribution in [0.15, 0.2) is 0 Å². The molecule has 1 fully saturated rings. The maximum atomic E-state index is 2.52. The fourth-order valence-electron chi connectivity index (χ4n) is 4.50. The fraction of sp³-hybridized carbons (Fsp3) is 1.00. The van der Waals surface area contributed by atoms with Gasteiger partial charge in [-0.1, -0.05) is 55.4 Å². The summed E-state index contributed by atoms with van der Waals surface area (Å²) in [4.78, 5) is 0. The van der Waals surface area contributed by atoms with Crippen molar-refractivity contribution < 1.29 is 0 Å². The Labute approximate surface area is 96.8 Å². The lowest BCUT2D eigenvalue weighted by Gasteiger charge is -2.62. The normalized spacial score (nSPS) is 39.0. The molecule has 1 aliphatic rings. The quantitative estimate of drug-likeness (QED) is 0.602. The highest BCUT2D eigenvalue weighted by Gasteiger charge is 2.55. The van der Waals surface area contributed by atoms with Gasteiger partial charge in [-0.05, 0) is 40.9 Å². The van der Waals surface area contributed by atoms with Gasteiger partial charge in [0, 0.05) is 0 Å². The summed E-state index contributed by atoms with van der Waals surface area (Å²) in [5.74, 6) is 3.46. The molecule has 0 saturated heterocycles. The third-order valence-electron chi connectivity index (χ3n) is 5.01. The van der Waals surface area contributed by atoms with E-state index in [2.05, 4.69) is 55.4 Å². The van der Waals surface area contributed by atoms with E-state index in [0.29, 0.717) is 10.8 Å². The first-order chi connectivity index (χ1) is 6.60. The Balaban J connectivity index is 2.87. The number of hydrogen-bond donors (Lipinski definition) is 0. The summed E-state index contributed by atoms with van der Waals surface area (Å²) in [5.41, 5.74) is 1.04. The molecule has 1 saturated carbocycles. The first-order valence-corrected chi connectivity index (χ1v) is 6.60. The molecule has 0 heteroatoms. The average molecular weight is 210 g/mol. The zero-order valence-electron chi connectivity index (χ0n) is 12.0. The molecule has 0 aromatic carbocycles. The van der Waals surface area contributed by atoms with Crippen molar-refractivity contribution in [1.29, 1.82) is 0 Å². The lowest BCUT2D eigenvalue weighted by atomic mass is 9.43. The standard InChI is InChI=1S/C15H30/c1-10(2)12(4)15(8)9-11(3)13(15)14(5,6)7/h10-13H,9H2,1-8H3. The lowest BCUT2D eigenvalue weighted by Crippen LogP contribution is -2.55. The summed E-state index contributed by atoms with van der Waals surface area (Å²) >= 11 is 0. The third-order valence-corrected chi connectivity index (χ3v) is 5.01. The minimum Gasteiger partial charge on any atom is -0.0625 e.